The molecule has 2 N–H and O–H groups in total. The summed E-state index contributed by atoms with van der Waals surface area (Å²) in [5.41, 5.74) is -0.842. The van der Waals surface area contributed by atoms with Crippen LogP contribution in [0.1, 0.15) is 39.5 Å². The second kappa shape index (κ2) is 5.00. The Morgan fingerprint density at radius 1 is 1.61 bits per heavy atom. The second-order valence-corrected chi connectivity index (χ2v) is 5.23. The van der Waals surface area contributed by atoms with Crippen LogP contribution in [0.5, 0.6) is 0 Å². The highest BCUT2D eigenvalue weighted by Crippen LogP contribution is 2.34. The van der Waals surface area contributed by atoms with Crippen LogP contribution in [0.25, 0.3) is 0 Å². The van der Waals surface area contributed by atoms with Gasteiger partial charge in [-0.15, -0.1) is 0 Å². The molecule has 1 aliphatic carbocycles. The van der Waals surface area contributed by atoms with E-state index in [-0.39, 0.29) is 0 Å². The van der Waals surface area contributed by atoms with Crippen LogP contribution in [0.2, 0.25) is 0 Å². The van der Waals surface area contributed by atoms with Gasteiger partial charge in [-0.25, -0.2) is 9.78 Å². The summed E-state index contributed by atoms with van der Waals surface area (Å²) >= 11 is 0. The van der Waals surface area contributed by atoms with Gasteiger partial charge in [0.05, 0.1) is 0 Å². The SMILES string of the molecule is CCn1ccnc1NC1(C(=O)O)CCC(C)CC1. The average Bonchev–Trinajstić information content (AvgIpc) is 2.79. The van der Waals surface area contributed by atoms with Crippen molar-refractivity contribution in [2.24, 2.45) is 5.92 Å². The normalized spacial score (nSPS) is 28.0. The van der Waals surface area contributed by atoms with Gasteiger partial charge in [-0.3, -0.25) is 0 Å². The number of aryl methyl sites for hydroxylation is 1. The Labute approximate surface area is 107 Å². The largest absolute Gasteiger partial charge is 0.480 e. The minimum atomic E-state index is -0.842. The maximum absolute atomic E-state index is 11.6. The van der Waals surface area contributed by atoms with Crippen molar-refractivity contribution in [1.82, 2.24) is 9.55 Å². The molecule has 100 valence electrons. The third-order valence-corrected chi connectivity index (χ3v) is 3.94. The summed E-state index contributed by atoms with van der Waals surface area (Å²) in [6.45, 7) is 4.98. The first-order valence-electron chi connectivity index (χ1n) is 6.60. The number of imidazole rings is 1. The number of nitrogens with one attached hydrogen (secondary N) is 1. The molecule has 0 spiro atoms. The van der Waals surface area contributed by atoms with Crippen molar-refractivity contribution in [3.63, 3.8) is 0 Å². The van der Waals surface area contributed by atoms with E-state index in [1.807, 2.05) is 17.7 Å². The zero-order valence-electron chi connectivity index (χ0n) is 11.0. The first-order valence-corrected chi connectivity index (χ1v) is 6.60. The van der Waals surface area contributed by atoms with E-state index in [4.69, 9.17) is 0 Å². The fourth-order valence-corrected chi connectivity index (χ4v) is 2.55. The molecular formula is C13H21N3O2. The van der Waals surface area contributed by atoms with Crippen LogP contribution in [0, 0.1) is 5.92 Å². The van der Waals surface area contributed by atoms with Crippen LogP contribution >= 0.6 is 0 Å². The van der Waals surface area contributed by atoms with Crippen LogP contribution in [0.15, 0.2) is 12.4 Å². The highest BCUT2D eigenvalue weighted by molar-refractivity contribution is 5.82. The lowest BCUT2D eigenvalue weighted by molar-refractivity contribution is -0.143. The van der Waals surface area contributed by atoms with Gasteiger partial charge in [0.25, 0.3) is 0 Å². The maximum atomic E-state index is 11.6. The number of hydrogen-bond acceptors (Lipinski definition) is 3. The van der Waals surface area contributed by atoms with E-state index in [0.29, 0.717) is 24.7 Å². The van der Waals surface area contributed by atoms with Crippen LogP contribution < -0.4 is 5.32 Å². The summed E-state index contributed by atoms with van der Waals surface area (Å²) < 4.78 is 1.93. The van der Waals surface area contributed by atoms with Gasteiger partial charge in [0.1, 0.15) is 5.54 Å². The predicted molar refractivity (Wildman–Crippen MR) is 69.5 cm³/mol. The lowest BCUT2D eigenvalue weighted by Crippen LogP contribution is -2.49. The highest BCUT2D eigenvalue weighted by atomic mass is 16.4. The first kappa shape index (κ1) is 12.9. The number of hydrogen-bond donors (Lipinski definition) is 2. The standard InChI is InChI=1S/C13H21N3O2/c1-3-16-9-8-14-12(16)15-13(11(17)18)6-4-10(2)5-7-13/h8-10H,3-7H2,1-2H3,(H,14,15)(H,17,18). The van der Waals surface area contributed by atoms with Crippen molar-refractivity contribution in [2.45, 2.75) is 51.6 Å². The minimum absolute atomic E-state index is 0.616. The van der Waals surface area contributed by atoms with E-state index in [0.717, 1.165) is 19.4 Å². The Bertz CT molecular complexity index is 420. The molecule has 0 atom stereocenters. The van der Waals surface area contributed by atoms with E-state index >= 15 is 0 Å². The summed E-state index contributed by atoms with van der Waals surface area (Å²) in [6.07, 6.45) is 6.80. The van der Waals surface area contributed by atoms with Crippen LogP contribution in [-0.2, 0) is 11.3 Å². The van der Waals surface area contributed by atoms with E-state index in [9.17, 15) is 9.90 Å². The van der Waals surface area contributed by atoms with Crippen molar-refractivity contribution < 1.29 is 9.90 Å². The van der Waals surface area contributed by atoms with Gasteiger partial charge < -0.3 is 15.0 Å². The number of carbonyl (C=O) groups is 1. The summed E-state index contributed by atoms with van der Waals surface area (Å²) in [4.78, 5) is 15.8. The third-order valence-electron chi connectivity index (χ3n) is 3.94. The van der Waals surface area contributed by atoms with Crippen LogP contribution in [0.4, 0.5) is 5.95 Å². The molecule has 0 saturated heterocycles. The monoisotopic (exact) mass is 251 g/mol. The Kier molecular flexibility index (Phi) is 3.59. The van der Waals surface area contributed by atoms with Gasteiger partial charge >= 0.3 is 5.97 Å². The van der Waals surface area contributed by atoms with Crippen molar-refractivity contribution in [3.05, 3.63) is 12.4 Å². The van der Waals surface area contributed by atoms with Crippen molar-refractivity contribution in [3.8, 4) is 0 Å². The van der Waals surface area contributed by atoms with Crippen molar-refractivity contribution in [2.75, 3.05) is 5.32 Å². The van der Waals surface area contributed by atoms with Crippen LogP contribution in [-0.4, -0.2) is 26.2 Å². The Hall–Kier alpha value is -1.52. The molecule has 0 bridgehead atoms. The molecule has 0 unspecified atom stereocenters. The van der Waals surface area contributed by atoms with E-state index in [1.54, 1.807) is 6.20 Å². The lowest BCUT2D eigenvalue weighted by Gasteiger charge is -2.36. The van der Waals surface area contributed by atoms with Gasteiger partial charge in [-0.05, 0) is 38.5 Å². The fourth-order valence-electron chi connectivity index (χ4n) is 2.55. The average molecular weight is 251 g/mol. The number of aromatic nitrogens is 2. The quantitative estimate of drug-likeness (QED) is 0.862. The molecule has 0 amide bonds. The number of rotatable bonds is 4. The Balaban J connectivity index is 2.19. The molecule has 0 radical (unpaired) electrons. The van der Waals surface area contributed by atoms with Crippen molar-refractivity contribution in [1.29, 1.82) is 0 Å². The molecule has 1 fully saturated rings. The molecule has 5 nitrogen and oxygen atoms in total. The molecule has 5 heteroatoms. The topological polar surface area (TPSA) is 67.2 Å². The smallest absolute Gasteiger partial charge is 0.329 e. The molecule has 1 aliphatic rings. The number of anilines is 1. The number of aliphatic carboxylic acids is 1. The highest BCUT2D eigenvalue weighted by Gasteiger charge is 2.41. The minimum Gasteiger partial charge on any atom is -0.480 e. The zero-order chi connectivity index (χ0) is 13.2. The van der Waals surface area contributed by atoms with Gasteiger partial charge in [0.2, 0.25) is 5.95 Å². The van der Waals surface area contributed by atoms with E-state index < -0.39 is 11.5 Å². The van der Waals surface area contributed by atoms with Gasteiger partial charge in [0, 0.05) is 18.9 Å². The lowest BCUT2D eigenvalue weighted by atomic mass is 9.77. The maximum Gasteiger partial charge on any atom is 0.329 e. The predicted octanol–water partition coefficient (Wildman–Crippen LogP) is 2.35. The van der Waals surface area contributed by atoms with E-state index in [1.165, 1.54) is 0 Å². The number of nitrogens with zero attached hydrogens (tertiary/aromatic N) is 2. The Morgan fingerprint density at radius 3 is 2.83 bits per heavy atom. The molecule has 1 saturated carbocycles. The van der Waals surface area contributed by atoms with Gasteiger partial charge in [-0.1, -0.05) is 6.92 Å². The zero-order valence-corrected chi connectivity index (χ0v) is 11.0. The summed E-state index contributed by atoms with van der Waals surface area (Å²) in [5, 5.41) is 12.7. The number of carboxylic acid groups (broad SMARTS) is 1. The van der Waals surface area contributed by atoms with Crippen molar-refractivity contribution >= 4 is 11.9 Å². The third kappa shape index (κ3) is 2.35. The van der Waals surface area contributed by atoms with Crippen LogP contribution in [0.3, 0.4) is 0 Å². The first-order chi connectivity index (χ1) is 8.57. The van der Waals surface area contributed by atoms with Gasteiger partial charge in [-0.2, -0.15) is 0 Å². The molecule has 2 rings (SSSR count). The fraction of sp³-hybridized carbons (Fsp3) is 0.692. The van der Waals surface area contributed by atoms with E-state index in [2.05, 4.69) is 17.2 Å². The van der Waals surface area contributed by atoms with Gasteiger partial charge in [0.15, 0.2) is 0 Å². The summed E-state index contributed by atoms with van der Waals surface area (Å²) in [6, 6.07) is 0. The molecule has 1 aromatic rings. The Morgan fingerprint density at radius 2 is 2.28 bits per heavy atom. The molecule has 18 heavy (non-hydrogen) atoms. The molecular weight excluding hydrogens is 230 g/mol. The second-order valence-electron chi connectivity index (χ2n) is 5.23. The summed E-state index contributed by atoms with van der Waals surface area (Å²) in [5.74, 6) is 0.514. The summed E-state index contributed by atoms with van der Waals surface area (Å²) in [7, 11) is 0. The molecule has 0 aliphatic heterocycles. The molecule has 1 heterocycles. The molecule has 0 aromatic carbocycles. The molecule has 1 aromatic heterocycles. The number of carboxylic acids is 1.